The molecular weight excluding hydrogens is 300 g/mol. The van der Waals surface area contributed by atoms with Crippen LogP contribution >= 0.6 is 0 Å². The van der Waals surface area contributed by atoms with Crippen molar-refractivity contribution in [1.82, 2.24) is 20.2 Å². The summed E-state index contributed by atoms with van der Waals surface area (Å²) in [5.74, 6) is 1.14. The van der Waals surface area contributed by atoms with Gasteiger partial charge in [-0.15, -0.1) is 0 Å². The lowest BCUT2D eigenvalue weighted by Gasteiger charge is -2.31. The molecule has 5 nitrogen and oxygen atoms in total. The summed E-state index contributed by atoms with van der Waals surface area (Å²) in [6, 6.07) is 6.60. The van der Waals surface area contributed by atoms with E-state index in [4.69, 9.17) is 4.98 Å². The van der Waals surface area contributed by atoms with Crippen molar-refractivity contribution >= 4 is 17.1 Å². The van der Waals surface area contributed by atoms with Crippen molar-refractivity contribution in [1.29, 1.82) is 0 Å². The maximum absolute atomic E-state index is 11.9. The van der Waals surface area contributed by atoms with Crippen LogP contribution in [0.1, 0.15) is 55.7 Å². The highest BCUT2D eigenvalue weighted by molar-refractivity contribution is 5.76. The lowest BCUT2D eigenvalue weighted by Crippen LogP contribution is -2.44. The van der Waals surface area contributed by atoms with Gasteiger partial charge >= 0.3 is 6.03 Å². The van der Waals surface area contributed by atoms with Crippen molar-refractivity contribution in [2.75, 3.05) is 19.6 Å². The van der Waals surface area contributed by atoms with Gasteiger partial charge in [0.15, 0.2) is 5.65 Å². The zero-order chi connectivity index (χ0) is 16.5. The molecule has 4 rings (SSSR count). The first-order valence-electron chi connectivity index (χ1n) is 9.04. The van der Waals surface area contributed by atoms with Gasteiger partial charge in [0.05, 0.1) is 0 Å². The van der Waals surface area contributed by atoms with Crippen molar-refractivity contribution in [3.8, 4) is 0 Å². The van der Waals surface area contributed by atoms with E-state index in [0.29, 0.717) is 12.5 Å². The fourth-order valence-corrected chi connectivity index (χ4v) is 3.55. The van der Waals surface area contributed by atoms with Gasteiger partial charge in [0, 0.05) is 42.8 Å². The molecule has 0 atom stereocenters. The molecule has 2 aromatic heterocycles. The van der Waals surface area contributed by atoms with Gasteiger partial charge in [-0.1, -0.05) is 0 Å². The Bertz CT molecular complexity index is 748. The van der Waals surface area contributed by atoms with Crippen molar-refractivity contribution < 1.29 is 4.79 Å². The minimum atomic E-state index is 0.0525. The van der Waals surface area contributed by atoms with Crippen LogP contribution in [0.25, 0.3) is 11.0 Å². The number of hydrogen-bond donors (Lipinski definition) is 1. The van der Waals surface area contributed by atoms with E-state index >= 15 is 0 Å². The van der Waals surface area contributed by atoms with Crippen LogP contribution in [-0.2, 0) is 0 Å². The first-order valence-corrected chi connectivity index (χ1v) is 9.04. The molecule has 2 amide bonds. The molecule has 0 aromatic carbocycles. The lowest BCUT2D eigenvalue weighted by atomic mass is 9.93. The third-order valence-electron chi connectivity index (χ3n) is 5.16. The van der Waals surface area contributed by atoms with Crippen LogP contribution in [0.5, 0.6) is 0 Å². The Morgan fingerprint density at radius 1 is 1.21 bits per heavy atom. The highest BCUT2D eigenvalue weighted by Gasteiger charge is 2.26. The monoisotopic (exact) mass is 324 g/mol. The SMILES string of the molecule is CCNC(=O)N1CCC(c2ccc3cc(C4CC4)cnc3n2)CC1. The van der Waals surface area contributed by atoms with E-state index in [0.717, 1.165) is 48.6 Å². The van der Waals surface area contributed by atoms with Crippen LogP contribution in [-0.4, -0.2) is 40.5 Å². The first-order chi connectivity index (χ1) is 11.7. The number of fused-ring (bicyclic) bond motifs is 1. The Morgan fingerprint density at radius 2 is 2.00 bits per heavy atom. The summed E-state index contributed by atoms with van der Waals surface area (Å²) in [6.07, 6.45) is 6.52. The summed E-state index contributed by atoms with van der Waals surface area (Å²) < 4.78 is 0. The molecule has 0 radical (unpaired) electrons. The van der Waals surface area contributed by atoms with Gasteiger partial charge in [-0.05, 0) is 62.3 Å². The number of aromatic nitrogens is 2. The average molecular weight is 324 g/mol. The van der Waals surface area contributed by atoms with Crippen molar-refractivity contribution in [2.24, 2.45) is 0 Å². The van der Waals surface area contributed by atoms with Gasteiger partial charge in [0.25, 0.3) is 0 Å². The number of nitrogens with zero attached hydrogens (tertiary/aromatic N) is 3. The zero-order valence-corrected chi connectivity index (χ0v) is 14.2. The van der Waals surface area contributed by atoms with Crippen LogP contribution in [0, 0.1) is 0 Å². The predicted molar refractivity (Wildman–Crippen MR) is 94.1 cm³/mol. The van der Waals surface area contributed by atoms with E-state index in [9.17, 15) is 4.79 Å². The minimum Gasteiger partial charge on any atom is -0.338 e. The van der Waals surface area contributed by atoms with Crippen LogP contribution in [0.2, 0.25) is 0 Å². The number of pyridine rings is 2. The number of carbonyl (C=O) groups excluding carboxylic acids is 1. The topological polar surface area (TPSA) is 58.1 Å². The third-order valence-corrected chi connectivity index (χ3v) is 5.16. The van der Waals surface area contributed by atoms with Crippen molar-refractivity contribution in [3.05, 3.63) is 35.7 Å². The van der Waals surface area contributed by atoms with Gasteiger partial charge in [0.2, 0.25) is 0 Å². The number of likely N-dealkylation sites (tertiary alicyclic amines) is 1. The summed E-state index contributed by atoms with van der Waals surface area (Å²) in [4.78, 5) is 23.2. The van der Waals surface area contributed by atoms with E-state index in [-0.39, 0.29) is 6.03 Å². The van der Waals surface area contributed by atoms with Crippen LogP contribution < -0.4 is 5.32 Å². The zero-order valence-electron chi connectivity index (χ0n) is 14.2. The Morgan fingerprint density at radius 3 is 2.71 bits per heavy atom. The number of piperidine rings is 1. The summed E-state index contributed by atoms with van der Waals surface area (Å²) in [5.41, 5.74) is 3.32. The van der Waals surface area contributed by atoms with Crippen LogP contribution in [0.15, 0.2) is 24.4 Å². The second-order valence-corrected chi connectivity index (χ2v) is 6.92. The van der Waals surface area contributed by atoms with E-state index in [1.807, 2.05) is 18.0 Å². The third kappa shape index (κ3) is 3.07. The molecule has 126 valence electrons. The molecule has 24 heavy (non-hydrogen) atoms. The molecule has 5 heteroatoms. The van der Waals surface area contributed by atoms with Gasteiger partial charge in [0.1, 0.15) is 0 Å². The molecule has 0 unspecified atom stereocenters. The molecule has 1 N–H and O–H groups in total. The molecule has 2 aromatic rings. The van der Waals surface area contributed by atoms with Gasteiger partial charge in [-0.2, -0.15) is 0 Å². The Balaban J connectivity index is 1.46. The summed E-state index contributed by atoms with van der Waals surface area (Å²) in [5, 5.41) is 4.02. The normalized spacial score (nSPS) is 18.8. The number of rotatable bonds is 3. The van der Waals surface area contributed by atoms with Crippen LogP contribution in [0.3, 0.4) is 0 Å². The van der Waals surface area contributed by atoms with E-state index in [1.165, 1.54) is 18.4 Å². The molecule has 0 bridgehead atoms. The molecule has 1 saturated carbocycles. The number of carbonyl (C=O) groups is 1. The summed E-state index contributed by atoms with van der Waals surface area (Å²) in [7, 11) is 0. The Kier molecular flexibility index (Phi) is 4.08. The molecule has 2 aliphatic rings. The fourth-order valence-electron chi connectivity index (χ4n) is 3.55. The first kappa shape index (κ1) is 15.4. The number of nitrogens with one attached hydrogen (secondary N) is 1. The van der Waals surface area contributed by atoms with E-state index in [2.05, 4.69) is 28.5 Å². The largest absolute Gasteiger partial charge is 0.338 e. The quantitative estimate of drug-likeness (QED) is 0.941. The number of amides is 2. The molecule has 1 aliphatic heterocycles. The number of urea groups is 1. The molecular formula is C19H24N4O. The maximum Gasteiger partial charge on any atom is 0.317 e. The Labute approximate surface area is 142 Å². The average Bonchev–Trinajstić information content (AvgIpc) is 3.46. The second-order valence-electron chi connectivity index (χ2n) is 6.92. The number of hydrogen-bond acceptors (Lipinski definition) is 3. The van der Waals surface area contributed by atoms with Crippen molar-refractivity contribution in [2.45, 2.75) is 44.4 Å². The van der Waals surface area contributed by atoms with Gasteiger partial charge in [-0.3, -0.25) is 0 Å². The van der Waals surface area contributed by atoms with Crippen LogP contribution in [0.4, 0.5) is 4.79 Å². The summed E-state index contributed by atoms with van der Waals surface area (Å²) in [6.45, 7) is 4.22. The molecule has 2 fully saturated rings. The van der Waals surface area contributed by atoms with E-state index < -0.39 is 0 Å². The molecule has 0 spiro atoms. The lowest BCUT2D eigenvalue weighted by molar-refractivity contribution is 0.181. The standard InChI is InChI=1S/C19H24N4O/c1-2-20-19(24)23-9-7-14(8-10-23)17-6-5-15-11-16(13-3-4-13)12-21-18(15)22-17/h5-6,11-14H,2-4,7-10H2,1H3,(H,20,24). The molecule has 1 saturated heterocycles. The van der Waals surface area contributed by atoms with E-state index in [1.54, 1.807) is 0 Å². The van der Waals surface area contributed by atoms with Crippen molar-refractivity contribution in [3.63, 3.8) is 0 Å². The minimum absolute atomic E-state index is 0.0525. The summed E-state index contributed by atoms with van der Waals surface area (Å²) >= 11 is 0. The smallest absolute Gasteiger partial charge is 0.317 e. The highest BCUT2D eigenvalue weighted by Crippen LogP contribution is 2.40. The second kappa shape index (κ2) is 6.38. The fraction of sp³-hybridized carbons (Fsp3) is 0.526. The molecule has 3 heterocycles. The highest BCUT2D eigenvalue weighted by atomic mass is 16.2. The van der Waals surface area contributed by atoms with Gasteiger partial charge < -0.3 is 10.2 Å². The van der Waals surface area contributed by atoms with Gasteiger partial charge in [-0.25, -0.2) is 14.8 Å². The maximum atomic E-state index is 11.9. The Hall–Kier alpha value is -2.17. The molecule has 1 aliphatic carbocycles. The predicted octanol–water partition coefficient (Wildman–Crippen LogP) is 3.42.